The fourth-order valence-electron chi connectivity index (χ4n) is 5.90. The number of esters is 1. The summed E-state index contributed by atoms with van der Waals surface area (Å²) in [5.74, 6) is -1.58. The molecule has 4 atom stereocenters. The summed E-state index contributed by atoms with van der Waals surface area (Å²) in [6, 6.07) is 0. The molecular formula is C21H26O5. The van der Waals surface area contributed by atoms with Crippen molar-refractivity contribution in [2.24, 2.45) is 22.7 Å². The van der Waals surface area contributed by atoms with Gasteiger partial charge >= 0.3 is 5.97 Å². The summed E-state index contributed by atoms with van der Waals surface area (Å²) < 4.78 is 11.6. The van der Waals surface area contributed by atoms with E-state index in [1.54, 1.807) is 13.2 Å². The second-order valence-corrected chi connectivity index (χ2v) is 9.06. The Bertz CT molecular complexity index is 784. The van der Waals surface area contributed by atoms with Crippen molar-refractivity contribution in [1.82, 2.24) is 0 Å². The molecule has 1 saturated heterocycles. The number of carbonyl (C=O) groups excluding carboxylic acids is 3. The molecule has 0 aromatic rings. The molecule has 0 aromatic carbocycles. The van der Waals surface area contributed by atoms with E-state index >= 15 is 0 Å². The predicted molar refractivity (Wildman–Crippen MR) is 94.2 cm³/mol. The molecule has 1 aliphatic heterocycles. The van der Waals surface area contributed by atoms with Crippen LogP contribution in [0.1, 0.15) is 47.0 Å². The molecule has 0 amide bonds. The molecule has 140 valence electrons. The Balaban J connectivity index is 2.03. The van der Waals surface area contributed by atoms with Gasteiger partial charge in [-0.15, -0.1) is 0 Å². The minimum absolute atomic E-state index is 0.0645. The number of hydrogen-bond donors (Lipinski definition) is 0. The Hall–Kier alpha value is -1.75. The van der Waals surface area contributed by atoms with Gasteiger partial charge in [0.05, 0.1) is 0 Å². The van der Waals surface area contributed by atoms with Crippen LogP contribution in [0.3, 0.4) is 0 Å². The maximum Gasteiger partial charge on any atom is 0.317 e. The number of rotatable bonds is 2. The van der Waals surface area contributed by atoms with Crippen LogP contribution in [0.15, 0.2) is 22.8 Å². The van der Waals surface area contributed by atoms with Crippen molar-refractivity contribution in [2.75, 3.05) is 7.11 Å². The molecule has 2 bridgehead atoms. The van der Waals surface area contributed by atoms with Gasteiger partial charge < -0.3 is 9.47 Å². The fraction of sp³-hybridized carbons (Fsp3) is 0.667. The zero-order valence-electron chi connectivity index (χ0n) is 16.0. The lowest BCUT2D eigenvalue weighted by Crippen LogP contribution is -2.57. The van der Waals surface area contributed by atoms with Crippen molar-refractivity contribution in [2.45, 2.75) is 59.2 Å². The van der Waals surface area contributed by atoms with E-state index in [1.165, 1.54) is 0 Å². The van der Waals surface area contributed by atoms with Gasteiger partial charge in [0, 0.05) is 24.2 Å². The number of allylic oxidation sites excluding steroid dienone is 1. The Morgan fingerprint density at radius 3 is 2.46 bits per heavy atom. The van der Waals surface area contributed by atoms with Gasteiger partial charge in [0.15, 0.2) is 0 Å². The molecule has 0 aromatic heterocycles. The van der Waals surface area contributed by atoms with E-state index in [9.17, 15) is 14.4 Å². The molecule has 4 aliphatic rings. The minimum Gasteiger partial charge on any atom is -0.458 e. The van der Waals surface area contributed by atoms with Gasteiger partial charge in [-0.25, -0.2) is 0 Å². The SMILES string of the molecule is CO[C@@H]1C2=C(C(=O)C(=O)C(C(C)C)=C2)[C@@]23CCCC(C)(C)[C@@H]2[C@@H]1OC3=O. The van der Waals surface area contributed by atoms with Crippen LogP contribution in [-0.2, 0) is 23.9 Å². The lowest BCUT2D eigenvalue weighted by Gasteiger charge is -2.52. The summed E-state index contributed by atoms with van der Waals surface area (Å²) >= 11 is 0. The average Bonchev–Trinajstić information content (AvgIpc) is 2.81. The minimum atomic E-state index is -0.997. The molecule has 1 saturated carbocycles. The summed E-state index contributed by atoms with van der Waals surface area (Å²) in [5.41, 5.74) is 0.367. The van der Waals surface area contributed by atoms with Crippen LogP contribution in [0, 0.1) is 22.7 Å². The summed E-state index contributed by atoms with van der Waals surface area (Å²) in [6.07, 6.45) is 3.25. The van der Waals surface area contributed by atoms with Crippen LogP contribution in [0.25, 0.3) is 0 Å². The average molecular weight is 358 g/mol. The molecule has 5 heteroatoms. The molecule has 2 fully saturated rings. The van der Waals surface area contributed by atoms with Gasteiger partial charge in [-0.3, -0.25) is 14.4 Å². The van der Waals surface area contributed by atoms with Crippen LogP contribution in [0.5, 0.6) is 0 Å². The Morgan fingerprint density at radius 2 is 1.85 bits per heavy atom. The van der Waals surface area contributed by atoms with Crippen LogP contribution in [0.2, 0.25) is 0 Å². The van der Waals surface area contributed by atoms with Gasteiger partial charge in [-0.2, -0.15) is 0 Å². The maximum atomic E-state index is 13.2. The normalized spacial score (nSPS) is 38.2. The fourth-order valence-corrected chi connectivity index (χ4v) is 5.90. The summed E-state index contributed by atoms with van der Waals surface area (Å²) in [4.78, 5) is 39.1. The highest BCUT2D eigenvalue weighted by Gasteiger charge is 2.71. The van der Waals surface area contributed by atoms with E-state index in [-0.39, 0.29) is 23.2 Å². The lowest BCUT2D eigenvalue weighted by atomic mass is 9.48. The third-order valence-electron chi connectivity index (χ3n) is 6.92. The molecule has 26 heavy (non-hydrogen) atoms. The zero-order valence-corrected chi connectivity index (χ0v) is 16.0. The second kappa shape index (κ2) is 5.38. The van der Waals surface area contributed by atoms with Crippen molar-refractivity contribution in [3.8, 4) is 0 Å². The smallest absolute Gasteiger partial charge is 0.317 e. The zero-order chi connectivity index (χ0) is 19.0. The van der Waals surface area contributed by atoms with Crippen molar-refractivity contribution in [1.29, 1.82) is 0 Å². The Labute approximate surface area is 153 Å². The first-order valence-corrected chi connectivity index (χ1v) is 9.46. The number of methoxy groups -OCH3 is 1. The largest absolute Gasteiger partial charge is 0.458 e. The first-order chi connectivity index (χ1) is 12.2. The van der Waals surface area contributed by atoms with E-state index in [0.717, 1.165) is 12.8 Å². The van der Waals surface area contributed by atoms with Crippen LogP contribution >= 0.6 is 0 Å². The number of ether oxygens (including phenoxy) is 2. The molecule has 1 heterocycles. The predicted octanol–water partition coefficient (Wildman–Crippen LogP) is 2.78. The standard InChI is InChI=1S/C21H26O5/c1-10(2)11-9-12-13(15(23)14(11)22)21-8-6-7-20(3,4)18(21)17(16(12)25-5)26-19(21)24/h9-10,16-18H,6-8H2,1-5H3/t16-,17-,18+,21+/m1/s1. The lowest BCUT2D eigenvalue weighted by molar-refractivity contribution is -0.150. The molecule has 0 radical (unpaired) electrons. The topological polar surface area (TPSA) is 69.7 Å². The molecule has 0 unspecified atom stereocenters. The first kappa shape index (κ1) is 17.7. The number of Topliss-reactive ketones (excluding diaryl/α,β-unsaturated/α-hetero) is 2. The highest BCUT2D eigenvalue weighted by molar-refractivity contribution is 6.51. The van der Waals surface area contributed by atoms with Crippen molar-refractivity contribution < 1.29 is 23.9 Å². The van der Waals surface area contributed by atoms with E-state index in [2.05, 4.69) is 13.8 Å². The highest BCUT2D eigenvalue weighted by Crippen LogP contribution is 2.65. The third kappa shape index (κ3) is 1.92. The second-order valence-electron chi connectivity index (χ2n) is 9.06. The number of carbonyl (C=O) groups is 3. The van der Waals surface area contributed by atoms with Crippen LogP contribution < -0.4 is 0 Å². The van der Waals surface area contributed by atoms with E-state index in [4.69, 9.17) is 9.47 Å². The van der Waals surface area contributed by atoms with Gasteiger partial charge in [0.25, 0.3) is 0 Å². The van der Waals surface area contributed by atoms with E-state index < -0.39 is 29.2 Å². The number of hydrogen-bond acceptors (Lipinski definition) is 5. The van der Waals surface area contributed by atoms with Crippen molar-refractivity contribution >= 4 is 17.5 Å². The number of ketones is 2. The van der Waals surface area contributed by atoms with E-state index in [1.807, 2.05) is 13.8 Å². The van der Waals surface area contributed by atoms with Gasteiger partial charge in [0.2, 0.25) is 11.6 Å². The first-order valence-electron chi connectivity index (χ1n) is 9.46. The third-order valence-corrected chi connectivity index (χ3v) is 6.92. The summed E-state index contributed by atoms with van der Waals surface area (Å²) in [6.45, 7) is 8.05. The molecule has 0 spiro atoms. The summed E-state index contributed by atoms with van der Waals surface area (Å²) in [5, 5.41) is 0. The maximum absolute atomic E-state index is 13.2. The molecule has 0 N–H and O–H groups in total. The Kier molecular flexibility index (Phi) is 3.65. The van der Waals surface area contributed by atoms with Gasteiger partial charge in [0.1, 0.15) is 17.6 Å². The van der Waals surface area contributed by atoms with Gasteiger partial charge in [-0.1, -0.05) is 34.1 Å². The van der Waals surface area contributed by atoms with Crippen LogP contribution in [0.4, 0.5) is 0 Å². The molecule has 4 rings (SSSR count). The van der Waals surface area contributed by atoms with E-state index in [0.29, 0.717) is 23.1 Å². The Morgan fingerprint density at radius 1 is 1.15 bits per heavy atom. The van der Waals surface area contributed by atoms with Crippen LogP contribution in [-0.4, -0.2) is 36.9 Å². The highest BCUT2D eigenvalue weighted by atomic mass is 16.6. The van der Waals surface area contributed by atoms with Crippen molar-refractivity contribution in [3.05, 3.63) is 22.8 Å². The summed E-state index contributed by atoms with van der Waals surface area (Å²) in [7, 11) is 1.58. The quantitative estimate of drug-likeness (QED) is 0.431. The monoisotopic (exact) mass is 358 g/mol. The van der Waals surface area contributed by atoms with Crippen molar-refractivity contribution in [3.63, 3.8) is 0 Å². The molecule has 5 nitrogen and oxygen atoms in total. The molecule has 3 aliphatic carbocycles. The van der Waals surface area contributed by atoms with Gasteiger partial charge in [-0.05, 0) is 35.8 Å². The molecular weight excluding hydrogens is 332 g/mol.